The van der Waals surface area contributed by atoms with Crippen LogP contribution in [-0.4, -0.2) is 17.7 Å². The first kappa shape index (κ1) is 7.77. The van der Waals surface area contributed by atoms with Gasteiger partial charge in [-0.05, 0) is 18.5 Å². The first-order valence-electron chi connectivity index (χ1n) is 4.34. The van der Waals surface area contributed by atoms with E-state index in [2.05, 4.69) is 5.32 Å². The van der Waals surface area contributed by atoms with Crippen LogP contribution in [-0.2, 0) is 0 Å². The summed E-state index contributed by atoms with van der Waals surface area (Å²) in [7, 11) is 0. The summed E-state index contributed by atoms with van der Waals surface area (Å²) >= 11 is 0. The lowest BCUT2D eigenvalue weighted by Gasteiger charge is -2.32. The van der Waals surface area contributed by atoms with Crippen LogP contribution in [0.5, 0.6) is 0 Å². The van der Waals surface area contributed by atoms with E-state index in [4.69, 9.17) is 0 Å². The number of aliphatic hydroxyl groups is 1. The zero-order valence-corrected chi connectivity index (χ0v) is 6.90. The molecule has 0 bridgehead atoms. The summed E-state index contributed by atoms with van der Waals surface area (Å²) in [5, 5.41) is 13.0. The number of hydrogen-bond donors (Lipinski definition) is 2. The molecule has 0 radical (unpaired) electrons. The summed E-state index contributed by atoms with van der Waals surface area (Å²) in [6.07, 6.45) is 0.746. The molecule has 1 aromatic carbocycles. The Morgan fingerprint density at radius 2 is 2.00 bits per heavy atom. The maximum Gasteiger partial charge on any atom is 0.0943 e. The molecule has 2 atom stereocenters. The van der Waals surface area contributed by atoms with Crippen LogP contribution in [0.2, 0.25) is 0 Å². The van der Waals surface area contributed by atoms with Gasteiger partial charge in [0, 0.05) is 6.04 Å². The maximum absolute atomic E-state index is 9.78. The number of rotatable bonds is 2. The Balaban J connectivity index is 2.08. The van der Waals surface area contributed by atoms with Crippen molar-refractivity contribution in [2.45, 2.75) is 18.6 Å². The molecule has 0 unspecified atom stereocenters. The standard InChI is InChI=1S/C10H13NO/c12-10(9-6-7-11-9)8-4-2-1-3-5-8/h1-5,9-12H,6-7H2/t9-,10+/m0/s1. The molecule has 1 aliphatic rings. The molecule has 1 saturated heterocycles. The van der Waals surface area contributed by atoms with E-state index in [9.17, 15) is 5.11 Å². The highest BCUT2D eigenvalue weighted by molar-refractivity contribution is 5.19. The van der Waals surface area contributed by atoms with Crippen molar-refractivity contribution in [1.82, 2.24) is 5.32 Å². The maximum atomic E-state index is 9.78. The van der Waals surface area contributed by atoms with Gasteiger partial charge in [-0.3, -0.25) is 0 Å². The average molecular weight is 163 g/mol. The summed E-state index contributed by atoms with van der Waals surface area (Å²) in [6.45, 7) is 1.04. The third-order valence-corrected chi connectivity index (χ3v) is 2.38. The number of benzene rings is 1. The summed E-state index contributed by atoms with van der Waals surface area (Å²) in [5.74, 6) is 0. The van der Waals surface area contributed by atoms with Crippen LogP contribution in [0, 0.1) is 0 Å². The van der Waals surface area contributed by atoms with E-state index in [1.807, 2.05) is 30.3 Å². The predicted molar refractivity (Wildman–Crippen MR) is 47.8 cm³/mol. The van der Waals surface area contributed by atoms with Crippen molar-refractivity contribution in [3.63, 3.8) is 0 Å². The third-order valence-electron chi connectivity index (χ3n) is 2.38. The van der Waals surface area contributed by atoms with E-state index in [0.717, 1.165) is 18.5 Å². The van der Waals surface area contributed by atoms with Crippen molar-refractivity contribution >= 4 is 0 Å². The van der Waals surface area contributed by atoms with Gasteiger partial charge in [0.05, 0.1) is 6.10 Å². The fourth-order valence-electron chi connectivity index (χ4n) is 1.46. The molecule has 0 aliphatic carbocycles. The van der Waals surface area contributed by atoms with Crippen molar-refractivity contribution in [3.05, 3.63) is 35.9 Å². The summed E-state index contributed by atoms with van der Waals surface area (Å²) in [6, 6.07) is 10.1. The largest absolute Gasteiger partial charge is 0.387 e. The van der Waals surface area contributed by atoms with Gasteiger partial charge in [0.1, 0.15) is 0 Å². The van der Waals surface area contributed by atoms with E-state index < -0.39 is 0 Å². The van der Waals surface area contributed by atoms with Gasteiger partial charge < -0.3 is 10.4 Å². The molecule has 2 N–H and O–H groups in total. The molecule has 64 valence electrons. The number of aliphatic hydroxyl groups excluding tert-OH is 1. The van der Waals surface area contributed by atoms with Crippen LogP contribution in [0.1, 0.15) is 18.1 Å². The fraction of sp³-hybridized carbons (Fsp3) is 0.400. The zero-order chi connectivity index (χ0) is 8.39. The second-order valence-electron chi connectivity index (χ2n) is 3.20. The van der Waals surface area contributed by atoms with Crippen LogP contribution in [0.3, 0.4) is 0 Å². The molecule has 0 aromatic heterocycles. The Hall–Kier alpha value is -0.860. The Morgan fingerprint density at radius 3 is 2.50 bits per heavy atom. The predicted octanol–water partition coefficient (Wildman–Crippen LogP) is 1.08. The Morgan fingerprint density at radius 1 is 1.33 bits per heavy atom. The third kappa shape index (κ3) is 1.36. The van der Waals surface area contributed by atoms with Crippen molar-refractivity contribution in [1.29, 1.82) is 0 Å². The highest BCUT2D eigenvalue weighted by Gasteiger charge is 2.25. The molecule has 1 aliphatic heterocycles. The molecule has 0 spiro atoms. The molecule has 12 heavy (non-hydrogen) atoms. The Bertz CT molecular complexity index is 243. The van der Waals surface area contributed by atoms with Crippen LogP contribution in [0.15, 0.2) is 30.3 Å². The highest BCUT2D eigenvalue weighted by Crippen LogP contribution is 2.21. The molecule has 0 saturated carbocycles. The second-order valence-corrected chi connectivity index (χ2v) is 3.20. The lowest BCUT2D eigenvalue weighted by atomic mass is 9.95. The van der Waals surface area contributed by atoms with E-state index in [1.54, 1.807) is 0 Å². The van der Waals surface area contributed by atoms with Crippen LogP contribution >= 0.6 is 0 Å². The number of hydrogen-bond acceptors (Lipinski definition) is 2. The lowest BCUT2D eigenvalue weighted by Crippen LogP contribution is -2.46. The van der Waals surface area contributed by atoms with E-state index in [0.29, 0.717) is 0 Å². The van der Waals surface area contributed by atoms with Crippen LogP contribution in [0.25, 0.3) is 0 Å². The van der Waals surface area contributed by atoms with E-state index in [1.165, 1.54) is 0 Å². The van der Waals surface area contributed by atoms with E-state index >= 15 is 0 Å². The number of nitrogens with one attached hydrogen (secondary N) is 1. The van der Waals surface area contributed by atoms with Crippen LogP contribution < -0.4 is 5.32 Å². The molecule has 1 fully saturated rings. The summed E-state index contributed by atoms with van der Waals surface area (Å²) in [4.78, 5) is 0. The fourth-order valence-corrected chi connectivity index (χ4v) is 1.46. The smallest absolute Gasteiger partial charge is 0.0943 e. The minimum Gasteiger partial charge on any atom is -0.387 e. The molecule has 1 aromatic rings. The zero-order valence-electron chi connectivity index (χ0n) is 6.90. The normalized spacial score (nSPS) is 24.6. The van der Waals surface area contributed by atoms with Gasteiger partial charge in [-0.15, -0.1) is 0 Å². The van der Waals surface area contributed by atoms with Gasteiger partial charge in [-0.1, -0.05) is 30.3 Å². The van der Waals surface area contributed by atoms with Gasteiger partial charge in [0.15, 0.2) is 0 Å². The second kappa shape index (κ2) is 3.25. The Kier molecular flexibility index (Phi) is 2.11. The van der Waals surface area contributed by atoms with Crippen molar-refractivity contribution < 1.29 is 5.11 Å². The van der Waals surface area contributed by atoms with Gasteiger partial charge in [0.25, 0.3) is 0 Å². The van der Waals surface area contributed by atoms with Gasteiger partial charge >= 0.3 is 0 Å². The molecule has 2 nitrogen and oxygen atoms in total. The molecule has 1 heterocycles. The topological polar surface area (TPSA) is 32.3 Å². The first-order valence-corrected chi connectivity index (χ1v) is 4.34. The van der Waals surface area contributed by atoms with Crippen molar-refractivity contribution in [2.24, 2.45) is 0 Å². The monoisotopic (exact) mass is 163 g/mol. The molecule has 2 rings (SSSR count). The molecular formula is C10H13NO. The SMILES string of the molecule is O[C@H](c1ccccc1)[C@@H]1CCN1. The lowest BCUT2D eigenvalue weighted by molar-refractivity contribution is 0.0957. The highest BCUT2D eigenvalue weighted by atomic mass is 16.3. The quantitative estimate of drug-likeness (QED) is 0.683. The minimum absolute atomic E-state index is 0.271. The summed E-state index contributed by atoms with van der Waals surface area (Å²) < 4.78 is 0. The van der Waals surface area contributed by atoms with Gasteiger partial charge in [-0.2, -0.15) is 0 Å². The van der Waals surface area contributed by atoms with E-state index in [-0.39, 0.29) is 12.1 Å². The molecular weight excluding hydrogens is 150 g/mol. The minimum atomic E-state index is -0.333. The van der Waals surface area contributed by atoms with Crippen molar-refractivity contribution in [3.8, 4) is 0 Å². The van der Waals surface area contributed by atoms with Crippen LogP contribution in [0.4, 0.5) is 0 Å². The molecule has 0 amide bonds. The first-order chi connectivity index (χ1) is 5.88. The van der Waals surface area contributed by atoms with Gasteiger partial charge in [-0.25, -0.2) is 0 Å². The summed E-state index contributed by atoms with van der Waals surface area (Å²) in [5.41, 5.74) is 1.01. The van der Waals surface area contributed by atoms with Gasteiger partial charge in [0.2, 0.25) is 0 Å². The average Bonchev–Trinajstić information content (AvgIpc) is 2.03. The molecule has 2 heteroatoms. The van der Waals surface area contributed by atoms with Crippen molar-refractivity contribution in [2.75, 3.05) is 6.54 Å². The Labute approximate surface area is 72.2 Å².